The van der Waals surface area contributed by atoms with E-state index in [1.165, 1.54) is 7.11 Å². The molecule has 0 spiro atoms. The van der Waals surface area contributed by atoms with Crippen molar-refractivity contribution in [1.29, 1.82) is 0 Å². The molecule has 3 saturated heterocycles. The van der Waals surface area contributed by atoms with Crippen LogP contribution in [0, 0.1) is 16.0 Å². The SMILES string of the molecule is CCCCOc1c(OC)cc(CC2C(O)C3CCN2CC3)cc1[N+](=O)[O-]. The monoisotopic (exact) mass is 364 g/mol. The Bertz CT molecular complexity index is 641. The number of nitro groups is 1. The lowest BCUT2D eigenvalue weighted by molar-refractivity contribution is -0.386. The summed E-state index contributed by atoms with van der Waals surface area (Å²) in [5.41, 5.74) is 0.730. The molecule has 0 saturated carbocycles. The highest BCUT2D eigenvalue weighted by Crippen LogP contribution is 2.40. The van der Waals surface area contributed by atoms with Crippen LogP contribution in [0.4, 0.5) is 5.69 Å². The highest BCUT2D eigenvalue weighted by atomic mass is 16.6. The number of aliphatic hydroxyl groups excluding tert-OH is 1. The van der Waals surface area contributed by atoms with Crippen LogP contribution in [0.5, 0.6) is 11.5 Å². The second kappa shape index (κ2) is 8.22. The van der Waals surface area contributed by atoms with E-state index in [2.05, 4.69) is 4.90 Å². The highest BCUT2D eigenvalue weighted by Gasteiger charge is 2.41. The van der Waals surface area contributed by atoms with Crippen molar-refractivity contribution >= 4 is 5.69 Å². The summed E-state index contributed by atoms with van der Waals surface area (Å²) in [5.74, 6) is 0.926. The quantitative estimate of drug-likeness (QED) is 0.434. The Morgan fingerprint density at radius 1 is 1.35 bits per heavy atom. The zero-order valence-corrected chi connectivity index (χ0v) is 15.5. The van der Waals surface area contributed by atoms with E-state index in [0.717, 1.165) is 44.3 Å². The van der Waals surface area contributed by atoms with Gasteiger partial charge in [0, 0.05) is 12.1 Å². The minimum Gasteiger partial charge on any atom is -0.493 e. The van der Waals surface area contributed by atoms with Crippen molar-refractivity contribution in [2.24, 2.45) is 5.92 Å². The lowest BCUT2D eigenvalue weighted by Gasteiger charge is -2.49. The van der Waals surface area contributed by atoms with Gasteiger partial charge in [0.05, 0.1) is 24.7 Å². The molecule has 1 aromatic carbocycles. The van der Waals surface area contributed by atoms with Crippen LogP contribution >= 0.6 is 0 Å². The van der Waals surface area contributed by atoms with Crippen molar-refractivity contribution in [3.05, 3.63) is 27.8 Å². The summed E-state index contributed by atoms with van der Waals surface area (Å²) >= 11 is 0. The van der Waals surface area contributed by atoms with Gasteiger partial charge in [-0.15, -0.1) is 0 Å². The standard InChI is InChI=1S/C19H28N2O5/c1-3-4-9-26-19-16(21(23)24)11-13(12-17(19)25-2)10-15-18(22)14-5-7-20(15)8-6-14/h11-12,14-15,18,22H,3-10H2,1-2H3. The summed E-state index contributed by atoms with van der Waals surface area (Å²) in [4.78, 5) is 13.4. The minimum atomic E-state index is -0.420. The molecular weight excluding hydrogens is 336 g/mol. The number of hydrogen-bond donors (Lipinski definition) is 1. The molecule has 1 N–H and O–H groups in total. The maximum absolute atomic E-state index is 11.6. The van der Waals surface area contributed by atoms with Gasteiger partial charge < -0.3 is 14.6 Å². The summed E-state index contributed by atoms with van der Waals surface area (Å²) in [7, 11) is 1.50. The van der Waals surface area contributed by atoms with E-state index in [1.807, 2.05) is 13.0 Å². The number of ether oxygens (including phenoxy) is 2. The van der Waals surface area contributed by atoms with Crippen molar-refractivity contribution in [3.63, 3.8) is 0 Å². The van der Waals surface area contributed by atoms with E-state index in [0.29, 0.717) is 24.7 Å². The molecule has 7 nitrogen and oxygen atoms in total. The first-order valence-corrected chi connectivity index (χ1v) is 9.45. The van der Waals surface area contributed by atoms with Gasteiger partial charge >= 0.3 is 5.69 Å². The third-order valence-corrected chi connectivity index (χ3v) is 5.62. The molecule has 0 aromatic heterocycles. The van der Waals surface area contributed by atoms with Crippen molar-refractivity contribution in [1.82, 2.24) is 4.90 Å². The number of nitrogens with zero attached hydrogens (tertiary/aromatic N) is 2. The first-order valence-electron chi connectivity index (χ1n) is 9.45. The van der Waals surface area contributed by atoms with E-state index in [4.69, 9.17) is 9.47 Å². The third-order valence-electron chi connectivity index (χ3n) is 5.62. The molecule has 144 valence electrons. The average molecular weight is 364 g/mol. The number of methoxy groups -OCH3 is 1. The fourth-order valence-electron chi connectivity index (χ4n) is 4.13. The largest absolute Gasteiger partial charge is 0.493 e. The Kier molecular flexibility index (Phi) is 5.98. The summed E-state index contributed by atoms with van der Waals surface area (Å²) in [5, 5.41) is 22.2. The molecule has 0 aliphatic carbocycles. The fourth-order valence-corrected chi connectivity index (χ4v) is 4.13. The van der Waals surface area contributed by atoms with E-state index in [9.17, 15) is 15.2 Å². The van der Waals surface area contributed by atoms with Crippen LogP contribution in [0.15, 0.2) is 12.1 Å². The topological polar surface area (TPSA) is 85.1 Å². The van der Waals surface area contributed by atoms with Gasteiger partial charge in [0.15, 0.2) is 5.75 Å². The maximum atomic E-state index is 11.6. The van der Waals surface area contributed by atoms with E-state index in [1.54, 1.807) is 6.07 Å². The first-order chi connectivity index (χ1) is 12.5. The number of nitro benzene ring substituents is 1. The van der Waals surface area contributed by atoms with Crippen LogP contribution in [0.3, 0.4) is 0 Å². The molecule has 0 radical (unpaired) electrons. The highest BCUT2D eigenvalue weighted by molar-refractivity contribution is 5.58. The number of piperidine rings is 3. The van der Waals surface area contributed by atoms with Gasteiger partial charge in [-0.2, -0.15) is 0 Å². The normalized spacial score (nSPS) is 27.3. The Labute approximate surface area is 154 Å². The number of fused-ring (bicyclic) bond motifs is 3. The van der Waals surface area contributed by atoms with E-state index >= 15 is 0 Å². The van der Waals surface area contributed by atoms with Crippen LogP contribution in [-0.4, -0.2) is 53.9 Å². The van der Waals surface area contributed by atoms with Crippen LogP contribution < -0.4 is 9.47 Å². The smallest absolute Gasteiger partial charge is 0.315 e. The summed E-state index contributed by atoms with van der Waals surface area (Å²) in [6.45, 7) is 4.44. The summed E-state index contributed by atoms with van der Waals surface area (Å²) in [6, 6.07) is 3.39. The molecule has 4 rings (SSSR count). The maximum Gasteiger partial charge on any atom is 0.315 e. The fraction of sp³-hybridized carbons (Fsp3) is 0.684. The predicted molar refractivity (Wildman–Crippen MR) is 97.8 cm³/mol. The predicted octanol–water partition coefficient (Wildman–Crippen LogP) is 2.78. The van der Waals surface area contributed by atoms with Gasteiger partial charge in [-0.25, -0.2) is 0 Å². The molecule has 26 heavy (non-hydrogen) atoms. The van der Waals surface area contributed by atoms with E-state index < -0.39 is 4.92 Å². The van der Waals surface area contributed by atoms with Crippen molar-refractivity contribution in [2.45, 2.75) is 51.2 Å². The molecule has 2 atom stereocenters. The zero-order chi connectivity index (χ0) is 18.7. The molecule has 2 bridgehead atoms. The lowest BCUT2D eigenvalue weighted by Crippen LogP contribution is -2.58. The molecule has 7 heteroatoms. The number of benzene rings is 1. The van der Waals surface area contributed by atoms with Crippen LogP contribution in [0.1, 0.15) is 38.2 Å². The van der Waals surface area contributed by atoms with Crippen LogP contribution in [0.2, 0.25) is 0 Å². The molecular formula is C19H28N2O5. The van der Waals surface area contributed by atoms with Crippen LogP contribution in [0.25, 0.3) is 0 Å². The average Bonchev–Trinajstić information content (AvgIpc) is 2.65. The molecule has 3 fully saturated rings. The molecule has 3 aliphatic heterocycles. The Hall–Kier alpha value is -1.86. The second-order valence-electron chi connectivity index (χ2n) is 7.24. The number of aliphatic hydroxyl groups is 1. The van der Waals surface area contributed by atoms with Gasteiger partial charge in [-0.1, -0.05) is 13.3 Å². The van der Waals surface area contributed by atoms with Gasteiger partial charge in [-0.05, 0) is 56.3 Å². The molecule has 3 aliphatic rings. The summed E-state index contributed by atoms with van der Waals surface area (Å²) in [6.07, 6.45) is 4.04. The van der Waals surface area contributed by atoms with Gasteiger partial charge in [0.2, 0.25) is 5.75 Å². The Balaban J connectivity index is 1.85. The summed E-state index contributed by atoms with van der Waals surface area (Å²) < 4.78 is 11.0. The number of rotatable bonds is 8. The molecule has 1 aromatic rings. The van der Waals surface area contributed by atoms with Crippen molar-refractivity contribution in [3.8, 4) is 11.5 Å². The zero-order valence-electron chi connectivity index (χ0n) is 15.5. The minimum absolute atomic E-state index is 0.0127. The number of hydrogen-bond acceptors (Lipinski definition) is 6. The Morgan fingerprint density at radius 3 is 2.65 bits per heavy atom. The molecule has 2 unspecified atom stereocenters. The second-order valence-corrected chi connectivity index (χ2v) is 7.24. The van der Waals surface area contributed by atoms with Gasteiger partial charge in [-0.3, -0.25) is 15.0 Å². The van der Waals surface area contributed by atoms with E-state index in [-0.39, 0.29) is 23.6 Å². The van der Waals surface area contributed by atoms with Gasteiger partial charge in [0.1, 0.15) is 0 Å². The van der Waals surface area contributed by atoms with Crippen molar-refractivity contribution in [2.75, 3.05) is 26.8 Å². The third kappa shape index (κ3) is 3.78. The van der Waals surface area contributed by atoms with Gasteiger partial charge in [0.25, 0.3) is 0 Å². The first kappa shape index (κ1) is 18.9. The molecule has 0 amide bonds. The number of unbranched alkanes of at least 4 members (excludes halogenated alkanes) is 1. The molecule has 3 heterocycles. The van der Waals surface area contributed by atoms with Crippen molar-refractivity contribution < 1.29 is 19.5 Å². The Morgan fingerprint density at radius 2 is 2.08 bits per heavy atom. The van der Waals surface area contributed by atoms with Crippen LogP contribution in [-0.2, 0) is 6.42 Å². The lowest BCUT2D eigenvalue weighted by atomic mass is 9.78.